The van der Waals surface area contributed by atoms with Crippen molar-refractivity contribution in [2.24, 2.45) is 0 Å². The number of hydrogen-bond acceptors (Lipinski definition) is 5. The van der Waals surface area contributed by atoms with Gasteiger partial charge in [-0.15, -0.1) is 0 Å². The molecule has 0 saturated carbocycles. The van der Waals surface area contributed by atoms with Crippen LogP contribution in [-0.4, -0.2) is 36.4 Å². The van der Waals surface area contributed by atoms with Crippen LogP contribution in [0.25, 0.3) is 0 Å². The van der Waals surface area contributed by atoms with E-state index in [0.717, 1.165) is 89.9 Å². The predicted molar refractivity (Wildman–Crippen MR) is 315 cm³/mol. The molecule has 1 atom stereocenters. The number of hydrogen-bond donors (Lipinski definition) is 1. The van der Waals surface area contributed by atoms with E-state index < -0.39 is 6.10 Å². The van der Waals surface area contributed by atoms with Gasteiger partial charge in [0.15, 0.2) is 6.10 Å². The fourth-order valence-corrected chi connectivity index (χ4v) is 8.51. The first-order chi connectivity index (χ1) is 35.6. The largest absolute Gasteiger partial charge is 0.462 e. The zero-order valence-corrected chi connectivity index (χ0v) is 47.2. The minimum absolute atomic E-state index is 0.0712. The maximum absolute atomic E-state index is 12.3. The highest BCUT2D eigenvalue weighted by Gasteiger charge is 2.16. The number of aliphatic hydroxyl groups is 1. The van der Waals surface area contributed by atoms with Crippen molar-refractivity contribution in [2.75, 3.05) is 13.2 Å². The summed E-state index contributed by atoms with van der Waals surface area (Å²) in [6, 6.07) is 0. The standard InChI is InChI=1S/C67H114O5/c1-3-5-7-9-11-13-15-17-19-21-23-25-27-28-29-30-31-32-33-34-35-36-37-38-40-42-44-46-48-50-52-54-56-58-60-62-67(70)72-65(63-68)64-71-66(69)61-59-57-55-53-51-49-47-45-43-41-39-26-24-22-20-18-16-14-12-10-8-6-4-2/h5,7,11,13,17,19,22-25,28-29,31-32,34-35,37-38,65,68H,3-4,6,8-10,12,14-16,18,20-21,26-27,30,33,36,39-64H2,1-2H3/b7-5-,13-11-,19-17-,24-22-,25-23-,29-28-,32-31-,35-34-,38-37-. The van der Waals surface area contributed by atoms with Crippen LogP contribution in [0, 0.1) is 0 Å². The van der Waals surface area contributed by atoms with Crippen molar-refractivity contribution >= 4 is 11.9 Å². The summed E-state index contributed by atoms with van der Waals surface area (Å²) in [5.74, 6) is -0.593. The molecule has 0 heterocycles. The zero-order chi connectivity index (χ0) is 52.0. The number of carbonyl (C=O) groups excluding carboxylic acids is 2. The summed E-state index contributed by atoms with van der Waals surface area (Å²) in [5, 5.41) is 9.67. The van der Waals surface area contributed by atoms with Crippen LogP contribution in [0.3, 0.4) is 0 Å². The Balaban J connectivity index is 3.54. The molecule has 0 aromatic carbocycles. The van der Waals surface area contributed by atoms with Crippen molar-refractivity contribution in [1.29, 1.82) is 0 Å². The number of carbonyl (C=O) groups is 2. The molecule has 0 amide bonds. The second-order valence-corrected chi connectivity index (χ2v) is 20.0. The van der Waals surface area contributed by atoms with Crippen LogP contribution >= 0.6 is 0 Å². The summed E-state index contributed by atoms with van der Waals surface area (Å²) in [5.41, 5.74) is 0. The molecule has 0 aromatic rings. The Labute approximate surface area is 446 Å². The third-order valence-electron chi connectivity index (χ3n) is 13.1. The molecule has 0 radical (unpaired) electrons. The van der Waals surface area contributed by atoms with Gasteiger partial charge in [-0.1, -0.05) is 277 Å². The second-order valence-electron chi connectivity index (χ2n) is 20.0. The summed E-state index contributed by atoms with van der Waals surface area (Å²) in [7, 11) is 0. The number of rotatable bonds is 55. The molecule has 0 aliphatic carbocycles. The maximum Gasteiger partial charge on any atom is 0.306 e. The van der Waals surface area contributed by atoms with E-state index in [1.165, 1.54) is 167 Å². The van der Waals surface area contributed by atoms with Crippen molar-refractivity contribution in [1.82, 2.24) is 0 Å². The first-order valence-electron chi connectivity index (χ1n) is 30.4. The molecule has 0 fully saturated rings. The van der Waals surface area contributed by atoms with Gasteiger partial charge in [0.2, 0.25) is 0 Å². The van der Waals surface area contributed by atoms with Crippen LogP contribution in [-0.2, 0) is 19.1 Å². The monoisotopic (exact) mass is 999 g/mol. The molecule has 0 aromatic heterocycles. The van der Waals surface area contributed by atoms with Crippen molar-refractivity contribution in [3.8, 4) is 0 Å². The Hall–Kier alpha value is -3.44. The fourth-order valence-electron chi connectivity index (χ4n) is 8.51. The Morgan fingerprint density at radius 1 is 0.333 bits per heavy atom. The van der Waals surface area contributed by atoms with Crippen LogP contribution in [0.1, 0.15) is 284 Å². The van der Waals surface area contributed by atoms with Crippen LogP contribution in [0.15, 0.2) is 109 Å². The van der Waals surface area contributed by atoms with E-state index in [2.05, 4.69) is 123 Å². The summed E-state index contributed by atoms with van der Waals surface area (Å²) < 4.78 is 10.7. The van der Waals surface area contributed by atoms with Crippen LogP contribution in [0.5, 0.6) is 0 Å². The van der Waals surface area contributed by atoms with Crippen LogP contribution in [0.2, 0.25) is 0 Å². The molecule has 0 bridgehead atoms. The highest BCUT2D eigenvalue weighted by Crippen LogP contribution is 2.16. The molecule has 5 heteroatoms. The van der Waals surface area contributed by atoms with Gasteiger partial charge in [0, 0.05) is 12.8 Å². The molecule has 72 heavy (non-hydrogen) atoms. The SMILES string of the molecule is CC/C=C\C/C=C\C/C=C\C/C=C\C/C=C\C/C=C\C/C=C\C/C=C\CCCCCCCCCCCCC(=O)OC(CO)COC(=O)CCCCCCCCCCCCC/C=C\CCCCCCCCCC. The third-order valence-corrected chi connectivity index (χ3v) is 13.1. The Bertz CT molecular complexity index is 1410. The van der Waals surface area contributed by atoms with E-state index in [-0.39, 0.29) is 25.2 Å². The normalized spacial score (nSPS) is 13.0. The van der Waals surface area contributed by atoms with Crippen molar-refractivity contribution < 1.29 is 24.2 Å². The van der Waals surface area contributed by atoms with Gasteiger partial charge >= 0.3 is 11.9 Å². The molecule has 0 aliphatic rings. The van der Waals surface area contributed by atoms with Crippen molar-refractivity contribution in [3.63, 3.8) is 0 Å². The molecule has 5 nitrogen and oxygen atoms in total. The van der Waals surface area contributed by atoms with E-state index in [4.69, 9.17) is 9.47 Å². The average molecular weight is 1000 g/mol. The van der Waals surface area contributed by atoms with Gasteiger partial charge in [-0.25, -0.2) is 0 Å². The number of allylic oxidation sites excluding steroid dienone is 18. The van der Waals surface area contributed by atoms with Crippen molar-refractivity contribution in [3.05, 3.63) is 109 Å². The minimum Gasteiger partial charge on any atom is -0.462 e. The zero-order valence-electron chi connectivity index (χ0n) is 47.2. The lowest BCUT2D eigenvalue weighted by molar-refractivity contribution is -0.161. The lowest BCUT2D eigenvalue weighted by Gasteiger charge is -2.15. The highest BCUT2D eigenvalue weighted by molar-refractivity contribution is 5.70. The van der Waals surface area contributed by atoms with Gasteiger partial charge in [-0.05, 0) is 103 Å². The first-order valence-corrected chi connectivity index (χ1v) is 30.4. The Morgan fingerprint density at radius 3 is 0.917 bits per heavy atom. The van der Waals surface area contributed by atoms with Gasteiger partial charge in [-0.2, -0.15) is 0 Å². The maximum atomic E-state index is 12.3. The Morgan fingerprint density at radius 2 is 0.597 bits per heavy atom. The molecule has 1 N–H and O–H groups in total. The second kappa shape index (κ2) is 61.9. The van der Waals surface area contributed by atoms with E-state index in [0.29, 0.717) is 12.8 Å². The fraction of sp³-hybridized carbons (Fsp3) is 0.701. The Kier molecular flexibility index (Phi) is 58.9. The predicted octanol–water partition coefficient (Wildman–Crippen LogP) is 20.9. The third kappa shape index (κ3) is 59.1. The molecular formula is C67H114O5. The van der Waals surface area contributed by atoms with Gasteiger partial charge in [0.05, 0.1) is 6.61 Å². The highest BCUT2D eigenvalue weighted by atomic mass is 16.6. The molecule has 0 saturated heterocycles. The molecular weight excluding hydrogens is 885 g/mol. The van der Waals surface area contributed by atoms with Crippen LogP contribution < -0.4 is 0 Å². The van der Waals surface area contributed by atoms with Gasteiger partial charge in [0.1, 0.15) is 6.61 Å². The summed E-state index contributed by atoms with van der Waals surface area (Å²) >= 11 is 0. The average Bonchev–Trinajstić information content (AvgIpc) is 3.38. The van der Waals surface area contributed by atoms with Crippen LogP contribution in [0.4, 0.5) is 0 Å². The quantitative estimate of drug-likeness (QED) is 0.0373. The van der Waals surface area contributed by atoms with E-state index in [1.54, 1.807) is 0 Å². The van der Waals surface area contributed by atoms with E-state index in [9.17, 15) is 14.7 Å². The summed E-state index contributed by atoms with van der Waals surface area (Å²) in [6.45, 7) is 4.04. The molecule has 0 spiro atoms. The number of aliphatic hydroxyl groups excluding tert-OH is 1. The summed E-state index contributed by atoms with van der Waals surface area (Å²) in [6.07, 6.45) is 89.3. The van der Waals surface area contributed by atoms with Crippen molar-refractivity contribution in [2.45, 2.75) is 290 Å². The smallest absolute Gasteiger partial charge is 0.306 e. The minimum atomic E-state index is -0.782. The number of ether oxygens (including phenoxy) is 2. The van der Waals surface area contributed by atoms with Gasteiger partial charge < -0.3 is 14.6 Å². The van der Waals surface area contributed by atoms with E-state index in [1.807, 2.05) is 0 Å². The summed E-state index contributed by atoms with van der Waals surface area (Å²) in [4.78, 5) is 24.6. The van der Waals surface area contributed by atoms with Gasteiger partial charge in [-0.3, -0.25) is 9.59 Å². The molecule has 1 unspecified atom stereocenters. The van der Waals surface area contributed by atoms with E-state index >= 15 is 0 Å². The molecule has 0 aliphatic heterocycles. The topological polar surface area (TPSA) is 72.8 Å². The molecule has 412 valence electrons. The molecule has 0 rings (SSSR count). The lowest BCUT2D eigenvalue weighted by atomic mass is 10.0. The lowest BCUT2D eigenvalue weighted by Crippen LogP contribution is -2.28. The van der Waals surface area contributed by atoms with Gasteiger partial charge in [0.25, 0.3) is 0 Å². The first kappa shape index (κ1) is 68.6. The number of unbranched alkanes of at least 4 members (excludes halogenated alkanes) is 29. The number of esters is 2.